The first-order valence-electron chi connectivity index (χ1n) is 11.2. The predicted molar refractivity (Wildman–Crippen MR) is 144 cm³/mol. The normalized spacial score (nSPS) is 12.0. The number of rotatable bonds is 10. The van der Waals surface area contributed by atoms with Crippen LogP contribution in [0.2, 0.25) is 10.0 Å². The molecule has 196 valence electrons. The predicted octanol–water partition coefficient (Wildman–Crippen LogP) is 4.28. The molecule has 3 aromatic rings. The molecule has 0 saturated carbocycles. The van der Waals surface area contributed by atoms with Crippen LogP contribution in [-0.2, 0) is 32.6 Å². The Bertz CT molecular complexity index is 1370. The molecule has 37 heavy (non-hydrogen) atoms. The Balaban J connectivity index is 2.05. The zero-order chi connectivity index (χ0) is 27.2. The van der Waals surface area contributed by atoms with Crippen LogP contribution in [0.25, 0.3) is 0 Å². The van der Waals surface area contributed by atoms with Gasteiger partial charge in [0.1, 0.15) is 18.4 Å². The third-order valence-corrected chi connectivity index (χ3v) is 7.52. The van der Waals surface area contributed by atoms with Gasteiger partial charge < -0.3 is 10.2 Å². The molecule has 0 saturated heterocycles. The Morgan fingerprint density at radius 3 is 2.19 bits per heavy atom. The lowest BCUT2D eigenvalue weighted by Gasteiger charge is -2.33. The monoisotopic (exact) mass is 565 g/mol. The van der Waals surface area contributed by atoms with Gasteiger partial charge in [0.05, 0.1) is 22.0 Å². The van der Waals surface area contributed by atoms with Crippen molar-refractivity contribution in [1.82, 2.24) is 10.2 Å². The van der Waals surface area contributed by atoms with Crippen molar-refractivity contribution in [3.8, 4) is 0 Å². The summed E-state index contributed by atoms with van der Waals surface area (Å²) in [4.78, 5) is 28.1. The number of nitrogens with one attached hydrogen (secondary N) is 1. The van der Waals surface area contributed by atoms with E-state index in [0.717, 1.165) is 17.9 Å². The van der Waals surface area contributed by atoms with E-state index in [-0.39, 0.29) is 23.7 Å². The molecular weight excluding hydrogens is 540 g/mol. The highest BCUT2D eigenvalue weighted by molar-refractivity contribution is 7.92. The highest BCUT2D eigenvalue weighted by atomic mass is 35.5. The van der Waals surface area contributed by atoms with Crippen LogP contribution in [0.4, 0.5) is 10.1 Å². The summed E-state index contributed by atoms with van der Waals surface area (Å²) in [6, 6.07) is 18.1. The average molecular weight is 566 g/mol. The van der Waals surface area contributed by atoms with Gasteiger partial charge in [-0.3, -0.25) is 13.9 Å². The zero-order valence-corrected chi connectivity index (χ0v) is 22.5. The number of benzene rings is 3. The maximum atomic E-state index is 14.6. The summed E-state index contributed by atoms with van der Waals surface area (Å²) in [5.41, 5.74) is 1.09. The largest absolute Gasteiger partial charge is 0.357 e. The number of para-hydroxylation sites is 1. The van der Waals surface area contributed by atoms with Crippen molar-refractivity contribution in [2.24, 2.45) is 0 Å². The number of carbonyl (C=O) groups is 2. The highest BCUT2D eigenvalue weighted by Gasteiger charge is 2.33. The molecule has 0 aromatic heterocycles. The fraction of sp³-hybridized carbons (Fsp3) is 0.231. The summed E-state index contributed by atoms with van der Waals surface area (Å²) in [7, 11) is -2.61. The van der Waals surface area contributed by atoms with E-state index in [0.29, 0.717) is 14.9 Å². The molecule has 0 fully saturated rings. The van der Waals surface area contributed by atoms with Crippen LogP contribution in [0.3, 0.4) is 0 Å². The number of anilines is 1. The summed E-state index contributed by atoms with van der Waals surface area (Å²) >= 11 is 12.2. The second kappa shape index (κ2) is 12.4. The molecule has 11 heteroatoms. The SMILES string of the molecule is CNC(=O)[C@@H](Cc1ccccc1)N(Cc1ccc(Cl)c(Cl)c1)C(=O)CN(c1ccccc1F)S(C)(=O)=O. The van der Waals surface area contributed by atoms with Crippen molar-refractivity contribution in [3.63, 3.8) is 0 Å². The maximum absolute atomic E-state index is 14.6. The number of hydrogen-bond donors (Lipinski definition) is 1. The van der Waals surface area contributed by atoms with Gasteiger partial charge in [0.15, 0.2) is 0 Å². The molecule has 2 amide bonds. The van der Waals surface area contributed by atoms with Crippen molar-refractivity contribution in [2.45, 2.75) is 19.0 Å². The second-order valence-electron chi connectivity index (χ2n) is 8.31. The Kier molecular flexibility index (Phi) is 9.53. The van der Waals surface area contributed by atoms with Gasteiger partial charge in [-0.05, 0) is 35.4 Å². The molecule has 3 rings (SSSR count). The quantitative estimate of drug-likeness (QED) is 0.397. The van der Waals surface area contributed by atoms with Crippen LogP contribution in [0.15, 0.2) is 72.8 Å². The van der Waals surface area contributed by atoms with Crippen LogP contribution in [0, 0.1) is 5.82 Å². The summed E-state index contributed by atoms with van der Waals surface area (Å²) in [5, 5.41) is 3.16. The van der Waals surface area contributed by atoms with Crippen molar-refractivity contribution < 1.29 is 22.4 Å². The van der Waals surface area contributed by atoms with Crippen molar-refractivity contribution in [2.75, 3.05) is 24.2 Å². The second-order valence-corrected chi connectivity index (χ2v) is 11.0. The minimum absolute atomic E-state index is 0.0739. The van der Waals surface area contributed by atoms with Crippen molar-refractivity contribution in [1.29, 1.82) is 0 Å². The summed E-state index contributed by atoms with van der Waals surface area (Å²) in [6.45, 7) is -0.793. The van der Waals surface area contributed by atoms with Gasteiger partial charge in [0.2, 0.25) is 21.8 Å². The van der Waals surface area contributed by atoms with E-state index >= 15 is 0 Å². The lowest BCUT2D eigenvalue weighted by molar-refractivity contribution is -0.139. The Morgan fingerprint density at radius 2 is 1.59 bits per heavy atom. The molecule has 0 bridgehead atoms. The zero-order valence-electron chi connectivity index (χ0n) is 20.2. The first-order chi connectivity index (χ1) is 17.5. The fourth-order valence-corrected chi connectivity index (χ4v) is 4.98. The number of halogens is 3. The topological polar surface area (TPSA) is 86.8 Å². The molecule has 0 heterocycles. The number of hydrogen-bond acceptors (Lipinski definition) is 4. The molecule has 0 aliphatic rings. The summed E-state index contributed by atoms with van der Waals surface area (Å²) < 4.78 is 40.5. The van der Waals surface area contributed by atoms with E-state index in [4.69, 9.17) is 23.2 Å². The van der Waals surface area contributed by atoms with Crippen molar-refractivity contribution >= 4 is 50.7 Å². The van der Waals surface area contributed by atoms with Gasteiger partial charge in [0.25, 0.3) is 0 Å². The molecule has 0 unspecified atom stereocenters. The van der Waals surface area contributed by atoms with Crippen LogP contribution in [0.5, 0.6) is 0 Å². The lowest BCUT2D eigenvalue weighted by atomic mass is 10.0. The third-order valence-electron chi connectivity index (χ3n) is 5.65. The Morgan fingerprint density at radius 1 is 0.946 bits per heavy atom. The minimum atomic E-state index is -4.06. The number of nitrogens with zero attached hydrogens (tertiary/aromatic N) is 2. The van der Waals surface area contributed by atoms with E-state index in [1.807, 2.05) is 30.3 Å². The van der Waals surface area contributed by atoms with Crippen LogP contribution in [-0.4, -0.2) is 51.0 Å². The van der Waals surface area contributed by atoms with E-state index in [1.165, 1.54) is 30.1 Å². The standard InChI is InChI=1S/C26H26Cl2FN3O4S/c1-30-26(34)24(15-18-8-4-3-5-9-18)31(16-19-12-13-20(27)21(28)14-19)25(33)17-32(37(2,35)36)23-11-7-6-10-22(23)29/h3-14,24H,15-17H2,1-2H3,(H,30,34)/t24-/m1/s1. The fourth-order valence-electron chi connectivity index (χ4n) is 3.80. The van der Waals surface area contributed by atoms with E-state index in [9.17, 15) is 22.4 Å². The number of amides is 2. The van der Waals surface area contributed by atoms with Crippen LogP contribution in [0.1, 0.15) is 11.1 Å². The Labute approximate surface area is 225 Å². The van der Waals surface area contributed by atoms with E-state index in [1.54, 1.807) is 18.2 Å². The molecular formula is C26H26Cl2FN3O4S. The minimum Gasteiger partial charge on any atom is -0.357 e. The molecule has 3 aromatic carbocycles. The van der Waals surface area contributed by atoms with Crippen LogP contribution >= 0.6 is 23.2 Å². The van der Waals surface area contributed by atoms with Crippen LogP contribution < -0.4 is 9.62 Å². The molecule has 0 aliphatic heterocycles. The van der Waals surface area contributed by atoms with E-state index in [2.05, 4.69) is 5.32 Å². The van der Waals surface area contributed by atoms with Gasteiger partial charge >= 0.3 is 0 Å². The van der Waals surface area contributed by atoms with Gasteiger partial charge in [-0.25, -0.2) is 12.8 Å². The van der Waals surface area contributed by atoms with Gasteiger partial charge in [-0.1, -0.05) is 71.7 Å². The number of likely N-dealkylation sites (N-methyl/N-ethyl adjacent to an activating group) is 1. The number of carbonyl (C=O) groups excluding carboxylic acids is 2. The first kappa shape index (κ1) is 28.4. The Hall–Kier alpha value is -3.14. The molecule has 0 aliphatic carbocycles. The third kappa shape index (κ3) is 7.44. The van der Waals surface area contributed by atoms with Gasteiger partial charge in [-0.15, -0.1) is 0 Å². The lowest BCUT2D eigenvalue weighted by Crippen LogP contribution is -2.53. The smallest absolute Gasteiger partial charge is 0.244 e. The van der Waals surface area contributed by atoms with Crippen molar-refractivity contribution in [3.05, 3.63) is 99.8 Å². The first-order valence-corrected chi connectivity index (χ1v) is 13.8. The summed E-state index contributed by atoms with van der Waals surface area (Å²) in [5.74, 6) is -1.96. The maximum Gasteiger partial charge on any atom is 0.244 e. The average Bonchev–Trinajstić information content (AvgIpc) is 2.86. The van der Waals surface area contributed by atoms with E-state index < -0.39 is 40.2 Å². The molecule has 0 radical (unpaired) electrons. The van der Waals surface area contributed by atoms with Gasteiger partial charge in [-0.2, -0.15) is 0 Å². The molecule has 0 spiro atoms. The molecule has 7 nitrogen and oxygen atoms in total. The summed E-state index contributed by atoms with van der Waals surface area (Å²) in [6.07, 6.45) is 1.04. The number of sulfonamides is 1. The highest BCUT2D eigenvalue weighted by Crippen LogP contribution is 2.26. The molecule has 1 atom stereocenters. The molecule has 1 N–H and O–H groups in total. The van der Waals surface area contributed by atoms with Gasteiger partial charge in [0, 0.05) is 20.0 Å².